The van der Waals surface area contributed by atoms with Crippen molar-refractivity contribution in [2.24, 2.45) is 5.92 Å². The first kappa shape index (κ1) is 22.6. The van der Waals surface area contributed by atoms with E-state index in [4.69, 9.17) is 0 Å². The molecular formula is C27H29BrN4O3. The van der Waals surface area contributed by atoms with E-state index in [-0.39, 0.29) is 17.7 Å². The molecule has 1 saturated carbocycles. The molecule has 0 bridgehead atoms. The number of carbonyl (C=O) groups is 2. The SMILES string of the molecule is C[C@@]12Cc3c([nH]c4ccc(Br)cc34)[C@@H](c3cccc(O)c3)N1C(=O)N(CCCNCC1CC1)C2=O. The first-order chi connectivity index (χ1) is 16.9. The van der Waals surface area contributed by atoms with Crippen molar-refractivity contribution in [3.63, 3.8) is 0 Å². The summed E-state index contributed by atoms with van der Waals surface area (Å²) in [5, 5.41) is 14.7. The number of halogens is 1. The molecule has 6 rings (SSSR count). The van der Waals surface area contributed by atoms with Crippen LogP contribution in [0.3, 0.4) is 0 Å². The van der Waals surface area contributed by atoms with Crippen LogP contribution in [0.5, 0.6) is 5.75 Å². The number of carbonyl (C=O) groups excluding carboxylic acids is 2. The summed E-state index contributed by atoms with van der Waals surface area (Å²) in [4.78, 5) is 34.3. The highest BCUT2D eigenvalue weighted by molar-refractivity contribution is 9.10. The van der Waals surface area contributed by atoms with Gasteiger partial charge in [0.2, 0.25) is 0 Å². The lowest BCUT2D eigenvalue weighted by Crippen LogP contribution is -2.53. The van der Waals surface area contributed by atoms with Gasteiger partial charge in [0.05, 0.1) is 0 Å². The molecule has 0 radical (unpaired) electrons. The van der Waals surface area contributed by atoms with Gasteiger partial charge in [0.15, 0.2) is 0 Å². The Morgan fingerprint density at radius 2 is 2.03 bits per heavy atom. The Kier molecular flexibility index (Phi) is 5.41. The van der Waals surface area contributed by atoms with E-state index in [0.29, 0.717) is 13.0 Å². The molecule has 7 nitrogen and oxygen atoms in total. The van der Waals surface area contributed by atoms with Gasteiger partial charge in [-0.25, -0.2) is 4.79 Å². The summed E-state index contributed by atoms with van der Waals surface area (Å²) in [5.41, 5.74) is 2.68. The molecule has 1 aromatic heterocycles. The highest BCUT2D eigenvalue weighted by Gasteiger charge is 2.60. The lowest BCUT2D eigenvalue weighted by atomic mass is 9.81. The number of hydrogen-bond acceptors (Lipinski definition) is 4. The van der Waals surface area contributed by atoms with Gasteiger partial charge in [-0.3, -0.25) is 14.6 Å². The predicted octanol–water partition coefficient (Wildman–Crippen LogP) is 4.69. The normalized spacial score (nSPS) is 23.8. The maximum absolute atomic E-state index is 13.8. The van der Waals surface area contributed by atoms with E-state index in [0.717, 1.165) is 57.6 Å². The number of phenolic OH excluding ortho intramolecular Hbond substituents is 1. The fourth-order valence-electron chi connectivity index (χ4n) is 5.71. The van der Waals surface area contributed by atoms with Crippen molar-refractivity contribution in [1.82, 2.24) is 20.1 Å². The largest absolute Gasteiger partial charge is 0.508 e. The monoisotopic (exact) mass is 536 g/mol. The zero-order valence-corrected chi connectivity index (χ0v) is 21.3. The molecule has 2 atom stereocenters. The third-order valence-electron chi connectivity index (χ3n) is 7.68. The van der Waals surface area contributed by atoms with Crippen LogP contribution in [0, 0.1) is 5.92 Å². The van der Waals surface area contributed by atoms with Gasteiger partial charge < -0.3 is 15.4 Å². The van der Waals surface area contributed by atoms with Crippen LogP contribution >= 0.6 is 15.9 Å². The van der Waals surface area contributed by atoms with Crippen LogP contribution in [0.2, 0.25) is 0 Å². The Morgan fingerprint density at radius 3 is 2.80 bits per heavy atom. The summed E-state index contributed by atoms with van der Waals surface area (Å²) < 4.78 is 0.961. The Morgan fingerprint density at radius 1 is 1.20 bits per heavy atom. The van der Waals surface area contributed by atoms with Crippen molar-refractivity contribution < 1.29 is 14.7 Å². The van der Waals surface area contributed by atoms with Crippen molar-refractivity contribution in [3.05, 3.63) is 63.8 Å². The number of aromatic nitrogens is 1. The molecule has 3 N–H and O–H groups in total. The fourth-order valence-corrected chi connectivity index (χ4v) is 6.08. The van der Waals surface area contributed by atoms with Gasteiger partial charge in [-0.1, -0.05) is 28.1 Å². The summed E-state index contributed by atoms with van der Waals surface area (Å²) in [6.07, 6.45) is 3.76. The molecule has 35 heavy (non-hydrogen) atoms. The van der Waals surface area contributed by atoms with Gasteiger partial charge in [-0.15, -0.1) is 0 Å². The summed E-state index contributed by atoms with van der Waals surface area (Å²) in [5.74, 6) is 0.779. The van der Waals surface area contributed by atoms with E-state index in [1.165, 1.54) is 17.7 Å². The predicted molar refractivity (Wildman–Crippen MR) is 137 cm³/mol. The van der Waals surface area contributed by atoms with E-state index >= 15 is 0 Å². The van der Waals surface area contributed by atoms with Gasteiger partial charge >= 0.3 is 6.03 Å². The lowest BCUT2D eigenvalue weighted by molar-refractivity contribution is -0.133. The van der Waals surface area contributed by atoms with E-state index in [1.807, 2.05) is 25.1 Å². The molecule has 2 aromatic carbocycles. The molecule has 182 valence electrons. The van der Waals surface area contributed by atoms with Crippen LogP contribution in [0.1, 0.15) is 49.0 Å². The van der Waals surface area contributed by atoms with Crippen LogP contribution in [-0.4, -0.2) is 57.0 Å². The zero-order valence-electron chi connectivity index (χ0n) is 19.7. The molecular weight excluding hydrogens is 508 g/mol. The third-order valence-corrected chi connectivity index (χ3v) is 8.17. The number of urea groups is 1. The van der Waals surface area contributed by atoms with E-state index in [9.17, 15) is 14.7 Å². The summed E-state index contributed by atoms with van der Waals surface area (Å²) in [6, 6.07) is 12.3. The maximum atomic E-state index is 13.8. The van der Waals surface area contributed by atoms with Gasteiger partial charge in [0.1, 0.15) is 17.3 Å². The molecule has 8 heteroatoms. The van der Waals surface area contributed by atoms with Crippen molar-refractivity contribution in [1.29, 1.82) is 0 Å². The topological polar surface area (TPSA) is 88.7 Å². The van der Waals surface area contributed by atoms with Gasteiger partial charge in [-0.05, 0) is 86.7 Å². The molecule has 1 aliphatic carbocycles. The summed E-state index contributed by atoms with van der Waals surface area (Å²) >= 11 is 3.58. The second-order valence-corrected chi connectivity index (χ2v) is 11.2. The second kappa shape index (κ2) is 8.38. The molecule has 0 unspecified atom stereocenters. The smallest absolute Gasteiger partial charge is 0.328 e. The number of rotatable bonds is 7. The highest BCUT2D eigenvalue weighted by Crippen LogP contribution is 2.49. The van der Waals surface area contributed by atoms with Gasteiger partial charge in [0.25, 0.3) is 5.91 Å². The number of nitrogens with zero attached hydrogens (tertiary/aromatic N) is 2. The van der Waals surface area contributed by atoms with E-state index < -0.39 is 11.6 Å². The first-order valence-electron chi connectivity index (χ1n) is 12.3. The highest BCUT2D eigenvalue weighted by atomic mass is 79.9. The molecule has 3 aliphatic rings. The minimum absolute atomic E-state index is 0.131. The second-order valence-electron chi connectivity index (χ2n) is 10.3. The summed E-state index contributed by atoms with van der Waals surface area (Å²) in [7, 11) is 0. The van der Waals surface area contributed by atoms with Crippen LogP contribution in [0.25, 0.3) is 10.9 Å². The van der Waals surface area contributed by atoms with Crippen molar-refractivity contribution >= 4 is 38.8 Å². The minimum Gasteiger partial charge on any atom is -0.508 e. The molecule has 3 aromatic rings. The number of aromatic amines is 1. The number of fused-ring (bicyclic) bond motifs is 4. The molecule has 3 amide bonds. The molecule has 0 spiro atoms. The van der Waals surface area contributed by atoms with E-state index in [1.54, 1.807) is 23.1 Å². The first-order valence-corrected chi connectivity index (χ1v) is 13.1. The van der Waals surface area contributed by atoms with Gasteiger partial charge in [-0.2, -0.15) is 0 Å². The zero-order chi connectivity index (χ0) is 24.3. The van der Waals surface area contributed by atoms with E-state index in [2.05, 4.69) is 32.3 Å². The fraction of sp³-hybridized carbons (Fsp3) is 0.407. The molecule has 2 aliphatic heterocycles. The molecule has 2 fully saturated rings. The molecule has 3 heterocycles. The van der Waals surface area contributed by atoms with Crippen LogP contribution in [0.15, 0.2) is 46.9 Å². The Hall–Kier alpha value is -2.84. The number of imide groups is 1. The number of nitrogens with one attached hydrogen (secondary N) is 2. The Balaban J connectivity index is 1.39. The third kappa shape index (κ3) is 3.74. The van der Waals surface area contributed by atoms with Crippen LogP contribution < -0.4 is 5.32 Å². The standard InChI is InChI=1S/C27H29BrN4O3/c1-27-14-21-20-13-18(28)8-9-22(20)30-23(21)24(17-4-2-5-19(33)12-17)32(27)26(35)31(25(27)34)11-3-10-29-15-16-6-7-16/h2,4-5,8-9,12-13,16,24,29-30,33H,3,6-7,10-11,14-15H2,1H3/t24-,27+/m1/s1. The number of H-pyrrole nitrogens is 1. The Bertz CT molecular complexity index is 1330. The average Bonchev–Trinajstić information content (AvgIpc) is 3.56. The number of phenols is 1. The maximum Gasteiger partial charge on any atom is 0.328 e. The molecule has 1 saturated heterocycles. The number of hydrogen-bond donors (Lipinski definition) is 3. The van der Waals surface area contributed by atoms with Crippen LogP contribution in [0.4, 0.5) is 4.79 Å². The van der Waals surface area contributed by atoms with Gasteiger partial charge in [0, 0.05) is 34.0 Å². The van der Waals surface area contributed by atoms with Crippen molar-refractivity contribution in [2.45, 2.75) is 44.2 Å². The van der Waals surface area contributed by atoms with Crippen LogP contribution in [-0.2, 0) is 11.2 Å². The quantitative estimate of drug-likeness (QED) is 0.301. The summed E-state index contributed by atoms with van der Waals surface area (Å²) in [6.45, 7) is 4.09. The number of aromatic hydroxyl groups is 1. The van der Waals surface area contributed by atoms with Crippen molar-refractivity contribution in [3.8, 4) is 5.75 Å². The van der Waals surface area contributed by atoms with Crippen molar-refractivity contribution in [2.75, 3.05) is 19.6 Å². The number of benzene rings is 2. The lowest BCUT2D eigenvalue weighted by Gasteiger charge is -2.42. The Labute approximate surface area is 212 Å². The minimum atomic E-state index is -1.00. The average molecular weight is 537 g/mol. The number of amides is 3.